The molecule has 3 heterocycles. The molecule has 0 aliphatic heterocycles. The molecule has 3 aromatic heterocycles. The number of halogens is 4. The molecule has 2 aromatic carbocycles. The number of hydrogen-bond acceptors (Lipinski definition) is 3. The maximum absolute atomic E-state index is 14.9. The van der Waals surface area contributed by atoms with E-state index in [1.165, 1.54) is 6.08 Å². The van der Waals surface area contributed by atoms with E-state index < -0.39 is 29.0 Å². The number of hydrogen-bond donors (Lipinski definition) is 1. The molecule has 0 unspecified atom stereocenters. The van der Waals surface area contributed by atoms with Gasteiger partial charge in [0.05, 0.1) is 21.7 Å². The molecule has 6 nitrogen and oxygen atoms in total. The van der Waals surface area contributed by atoms with Crippen LogP contribution in [0.15, 0.2) is 61.3 Å². The molecule has 0 atom stereocenters. The Hall–Kier alpha value is -4.27. The minimum Gasteiger partial charge on any atom is -0.331 e. The monoisotopic (exact) mass is 592 g/mol. The first-order valence-electron chi connectivity index (χ1n) is 12.5. The summed E-state index contributed by atoms with van der Waals surface area (Å²) >= 11 is 12.4. The summed E-state index contributed by atoms with van der Waals surface area (Å²) in [6.07, 6.45) is 5.69. The second kappa shape index (κ2) is 11.0. The van der Waals surface area contributed by atoms with Crippen molar-refractivity contribution in [3.05, 3.63) is 106 Å². The Balaban J connectivity index is 1.64. The van der Waals surface area contributed by atoms with Crippen LogP contribution in [0, 0.1) is 25.5 Å². The molecule has 0 bridgehead atoms. The van der Waals surface area contributed by atoms with E-state index in [2.05, 4.69) is 16.9 Å². The highest BCUT2D eigenvalue weighted by Gasteiger charge is 2.24. The average molecular weight is 593 g/mol. The predicted molar refractivity (Wildman–Crippen MR) is 160 cm³/mol. The van der Waals surface area contributed by atoms with Crippen molar-refractivity contribution in [3.8, 4) is 11.1 Å². The van der Waals surface area contributed by atoms with Crippen molar-refractivity contribution in [3.63, 3.8) is 0 Å². The number of aryl methyl sites for hydroxylation is 3. The second-order valence-electron chi connectivity index (χ2n) is 9.49. The lowest BCUT2D eigenvalue weighted by Crippen LogP contribution is -2.13. The van der Waals surface area contributed by atoms with Gasteiger partial charge in [-0.3, -0.25) is 9.59 Å². The third-order valence-electron chi connectivity index (χ3n) is 6.99. The van der Waals surface area contributed by atoms with E-state index in [0.29, 0.717) is 21.6 Å². The summed E-state index contributed by atoms with van der Waals surface area (Å²) in [4.78, 5) is 30.2. The number of ketones is 1. The normalized spacial score (nSPS) is 11.6. The van der Waals surface area contributed by atoms with Crippen LogP contribution in [0.4, 0.5) is 14.5 Å². The topological polar surface area (TPSA) is 68.4 Å². The summed E-state index contributed by atoms with van der Waals surface area (Å²) in [6, 6.07) is 9.07. The van der Waals surface area contributed by atoms with Gasteiger partial charge >= 0.3 is 0 Å². The number of carbonyl (C=O) groups is 2. The number of alkyl halides is 1. The van der Waals surface area contributed by atoms with E-state index in [1.54, 1.807) is 28.8 Å². The van der Waals surface area contributed by atoms with E-state index in [4.69, 9.17) is 23.2 Å². The fraction of sp³-hybridized carbons (Fsp3) is 0.129. The molecule has 10 heteroatoms. The Morgan fingerprint density at radius 3 is 2.51 bits per heavy atom. The number of nitrogens with zero attached hydrogens (tertiary/aromatic N) is 3. The average Bonchev–Trinajstić information content (AvgIpc) is 3.46. The van der Waals surface area contributed by atoms with Crippen LogP contribution in [0.1, 0.15) is 33.0 Å². The highest BCUT2D eigenvalue weighted by molar-refractivity contribution is 6.38. The van der Waals surface area contributed by atoms with Gasteiger partial charge in [-0.25, -0.2) is 13.8 Å². The Morgan fingerprint density at radius 1 is 1.15 bits per heavy atom. The van der Waals surface area contributed by atoms with Gasteiger partial charge in [-0.2, -0.15) is 0 Å². The summed E-state index contributed by atoms with van der Waals surface area (Å²) in [5.74, 6) is -2.68. The van der Waals surface area contributed by atoms with Crippen LogP contribution in [-0.2, 0) is 11.8 Å². The van der Waals surface area contributed by atoms with Crippen molar-refractivity contribution < 1.29 is 18.4 Å². The number of fused-ring (bicyclic) bond motifs is 2. The molecule has 0 aliphatic rings. The third-order valence-corrected chi connectivity index (χ3v) is 7.54. The second-order valence-corrected chi connectivity index (χ2v) is 10.2. The first kappa shape index (κ1) is 28.3. The number of imidazole rings is 1. The summed E-state index contributed by atoms with van der Waals surface area (Å²) in [5.41, 5.74) is 4.53. The summed E-state index contributed by atoms with van der Waals surface area (Å²) in [6.45, 7) is 7.76. The predicted octanol–water partition coefficient (Wildman–Crippen LogP) is 7.65. The molecular formula is C31H24Cl2F2N4O2. The van der Waals surface area contributed by atoms with Gasteiger partial charge in [-0.1, -0.05) is 36.4 Å². The number of carbonyl (C=O) groups excluding carboxylic acids is 2. The minimum atomic E-state index is -1.09. The minimum absolute atomic E-state index is 0.0642. The van der Waals surface area contributed by atoms with E-state index in [0.717, 1.165) is 46.2 Å². The quantitative estimate of drug-likeness (QED) is 0.120. The number of nitrogens with one attached hydrogen (secondary N) is 1. The molecule has 0 radical (unpaired) electrons. The van der Waals surface area contributed by atoms with Crippen molar-refractivity contribution in [1.29, 1.82) is 0 Å². The Morgan fingerprint density at radius 2 is 1.85 bits per heavy atom. The van der Waals surface area contributed by atoms with Crippen molar-refractivity contribution in [2.45, 2.75) is 13.8 Å². The Bertz CT molecular complexity index is 1920. The maximum Gasteiger partial charge on any atom is 0.248 e. The lowest BCUT2D eigenvalue weighted by molar-refractivity contribution is -0.112. The highest BCUT2D eigenvalue weighted by atomic mass is 35.5. The van der Waals surface area contributed by atoms with Crippen molar-refractivity contribution in [1.82, 2.24) is 14.0 Å². The van der Waals surface area contributed by atoms with Crippen molar-refractivity contribution in [2.24, 2.45) is 7.05 Å². The SMILES string of the molecule is C=Cc1cc(C(=O)c2cc(F)c(NC(=O)/C=C/CCl)c(F)c2)n2cccc(-c3c(C)cc4c(nc(C)n4C)c3Cl)c12. The molecule has 208 valence electrons. The lowest BCUT2D eigenvalue weighted by atomic mass is 9.98. The zero-order chi connectivity index (χ0) is 29.6. The van der Waals surface area contributed by atoms with Crippen LogP contribution in [0.5, 0.6) is 0 Å². The largest absolute Gasteiger partial charge is 0.331 e. The molecule has 0 saturated heterocycles. The number of benzene rings is 2. The molecule has 0 aliphatic carbocycles. The molecular weight excluding hydrogens is 569 g/mol. The molecule has 0 saturated carbocycles. The molecule has 1 amide bonds. The zero-order valence-corrected chi connectivity index (χ0v) is 23.9. The van der Waals surface area contributed by atoms with Crippen LogP contribution >= 0.6 is 23.2 Å². The van der Waals surface area contributed by atoms with Crippen LogP contribution in [0.25, 0.3) is 33.8 Å². The van der Waals surface area contributed by atoms with Gasteiger partial charge in [0, 0.05) is 47.5 Å². The van der Waals surface area contributed by atoms with Gasteiger partial charge in [-0.05, 0) is 49.7 Å². The molecule has 0 fully saturated rings. The van der Waals surface area contributed by atoms with Crippen molar-refractivity contribution in [2.75, 3.05) is 11.2 Å². The lowest BCUT2D eigenvalue weighted by Gasteiger charge is -2.13. The van der Waals surface area contributed by atoms with Crippen LogP contribution in [0.3, 0.4) is 0 Å². The molecule has 0 spiro atoms. The van der Waals surface area contributed by atoms with Crippen LogP contribution < -0.4 is 5.32 Å². The fourth-order valence-electron chi connectivity index (χ4n) is 4.96. The number of pyridine rings is 1. The number of rotatable bonds is 7. The van der Waals surface area contributed by atoms with Gasteiger partial charge in [0.1, 0.15) is 28.7 Å². The van der Waals surface area contributed by atoms with E-state index >= 15 is 0 Å². The van der Waals surface area contributed by atoms with Gasteiger partial charge in [-0.15, -0.1) is 11.6 Å². The van der Waals surface area contributed by atoms with Gasteiger partial charge in [0.2, 0.25) is 11.7 Å². The molecule has 5 aromatic rings. The molecule has 1 N–H and O–H groups in total. The van der Waals surface area contributed by atoms with E-state index in [9.17, 15) is 18.4 Å². The molecule has 5 rings (SSSR count). The first-order chi connectivity index (χ1) is 19.6. The Kier molecular flexibility index (Phi) is 7.55. The van der Waals surface area contributed by atoms with Crippen LogP contribution in [-0.4, -0.2) is 31.5 Å². The number of aromatic nitrogens is 3. The van der Waals surface area contributed by atoms with E-state index in [-0.39, 0.29) is 17.1 Å². The maximum atomic E-state index is 14.9. The summed E-state index contributed by atoms with van der Waals surface area (Å²) in [5, 5.41) is 2.61. The summed E-state index contributed by atoms with van der Waals surface area (Å²) < 4.78 is 33.4. The van der Waals surface area contributed by atoms with Gasteiger partial charge < -0.3 is 14.3 Å². The summed E-state index contributed by atoms with van der Waals surface area (Å²) in [7, 11) is 1.92. The number of amides is 1. The van der Waals surface area contributed by atoms with Gasteiger partial charge in [0.15, 0.2) is 0 Å². The molecule has 41 heavy (non-hydrogen) atoms. The van der Waals surface area contributed by atoms with E-state index in [1.807, 2.05) is 37.6 Å². The first-order valence-corrected chi connectivity index (χ1v) is 13.4. The standard InChI is InChI=1S/C31H24Cl2F2N4O2/c1-5-18-15-24(31(41)19-13-21(34)28(22(35)14-19)37-25(40)9-6-10-32)39-11-7-8-20(30(18)39)26-16(2)12-23-29(27(26)33)36-17(3)38(23)4/h5-9,11-15H,1,10H2,2-4H3,(H,37,40)/b9-6+. The zero-order valence-electron chi connectivity index (χ0n) is 22.4. The fourth-order valence-corrected chi connectivity index (χ4v) is 5.44. The number of allylic oxidation sites excluding steroid dienone is 1. The van der Waals surface area contributed by atoms with Crippen LogP contribution in [0.2, 0.25) is 5.02 Å². The highest BCUT2D eigenvalue weighted by Crippen LogP contribution is 2.40. The smallest absolute Gasteiger partial charge is 0.248 e. The number of anilines is 1. The van der Waals surface area contributed by atoms with Gasteiger partial charge in [0.25, 0.3) is 0 Å². The third kappa shape index (κ3) is 4.83. The Labute approximate surface area is 244 Å². The van der Waals surface area contributed by atoms with Crippen molar-refractivity contribution >= 4 is 63.2 Å².